The molecule has 33 heavy (non-hydrogen) atoms. The number of fused-ring (bicyclic) bond motifs is 1. The van der Waals surface area contributed by atoms with Crippen molar-refractivity contribution >= 4 is 23.2 Å². The van der Waals surface area contributed by atoms with Crippen LogP contribution in [-0.4, -0.2) is 28.0 Å². The minimum absolute atomic E-state index is 0.0192. The molecule has 4 rings (SSSR count). The van der Waals surface area contributed by atoms with E-state index in [4.69, 9.17) is 11.6 Å². The molecule has 1 aromatic heterocycles. The monoisotopic (exact) mass is 474 g/mol. The van der Waals surface area contributed by atoms with E-state index in [2.05, 4.69) is 26.1 Å². The molecule has 2 N–H and O–H groups in total. The third-order valence-corrected chi connectivity index (χ3v) is 5.90. The summed E-state index contributed by atoms with van der Waals surface area (Å²) in [4.78, 5) is 8.49. The van der Waals surface area contributed by atoms with Crippen molar-refractivity contribution in [3.8, 4) is 23.1 Å². The van der Waals surface area contributed by atoms with Crippen molar-refractivity contribution < 1.29 is 23.0 Å². The van der Waals surface area contributed by atoms with Gasteiger partial charge in [0.1, 0.15) is 0 Å². The van der Waals surface area contributed by atoms with E-state index in [-0.39, 0.29) is 23.3 Å². The highest BCUT2D eigenvalue weighted by Gasteiger charge is 2.36. The van der Waals surface area contributed by atoms with Crippen LogP contribution in [0.25, 0.3) is 11.3 Å². The van der Waals surface area contributed by atoms with Crippen LogP contribution in [0.15, 0.2) is 42.6 Å². The Kier molecular flexibility index (Phi) is 5.91. The van der Waals surface area contributed by atoms with Gasteiger partial charge in [-0.1, -0.05) is 18.5 Å². The first-order valence-corrected chi connectivity index (χ1v) is 10.3. The van der Waals surface area contributed by atoms with Crippen LogP contribution in [0.4, 0.5) is 24.8 Å². The lowest BCUT2D eigenvalue weighted by Gasteiger charge is -2.23. The zero-order valence-corrected chi connectivity index (χ0v) is 18.1. The molecular formula is C23H18ClF3N4O2. The Morgan fingerprint density at radius 1 is 1.27 bits per heavy atom. The highest BCUT2D eigenvalue weighted by Crippen LogP contribution is 2.42. The summed E-state index contributed by atoms with van der Waals surface area (Å²) in [6.07, 6.45) is -2.01. The van der Waals surface area contributed by atoms with Crippen LogP contribution in [0.1, 0.15) is 30.0 Å². The predicted molar refractivity (Wildman–Crippen MR) is 116 cm³/mol. The molecule has 0 radical (unpaired) electrons. The number of aliphatic hydroxyl groups is 1. The van der Waals surface area contributed by atoms with Gasteiger partial charge in [0.05, 0.1) is 29.6 Å². The van der Waals surface area contributed by atoms with Crippen molar-refractivity contribution in [2.24, 2.45) is 0 Å². The Hall–Kier alpha value is -3.35. The molecule has 0 fully saturated rings. The highest BCUT2D eigenvalue weighted by molar-refractivity contribution is 6.31. The van der Waals surface area contributed by atoms with Crippen LogP contribution in [-0.2, 0) is 11.8 Å². The molecule has 0 aliphatic heterocycles. The van der Waals surface area contributed by atoms with E-state index >= 15 is 0 Å². The summed E-state index contributed by atoms with van der Waals surface area (Å²) in [5.74, 6) is -0.463. The average molecular weight is 475 g/mol. The number of rotatable bonds is 5. The molecular weight excluding hydrogens is 457 g/mol. The van der Waals surface area contributed by atoms with Crippen molar-refractivity contribution in [1.82, 2.24) is 9.97 Å². The molecule has 1 heterocycles. The SMILES string of the molecule is CC1(CO)CCc2c(C#N)cc(-c3ccnc(Nc4cc(Cl)ccc4OC(F)(F)F)n3)cc21. The molecule has 1 atom stereocenters. The van der Waals surface area contributed by atoms with Crippen LogP contribution < -0.4 is 10.1 Å². The number of hydrogen-bond donors (Lipinski definition) is 2. The average Bonchev–Trinajstić information content (AvgIpc) is 3.12. The van der Waals surface area contributed by atoms with E-state index in [0.717, 1.165) is 23.6 Å². The number of nitrogens with zero attached hydrogens (tertiary/aromatic N) is 3. The predicted octanol–water partition coefficient (Wildman–Crippen LogP) is 5.51. The molecule has 1 aliphatic carbocycles. The van der Waals surface area contributed by atoms with Crippen molar-refractivity contribution in [1.29, 1.82) is 5.26 Å². The second-order valence-corrected chi connectivity index (χ2v) is 8.40. The summed E-state index contributed by atoms with van der Waals surface area (Å²) in [6.45, 7) is 1.89. The first-order valence-electron chi connectivity index (χ1n) is 9.96. The maximum Gasteiger partial charge on any atom is 0.573 e. The molecule has 0 saturated heterocycles. The van der Waals surface area contributed by atoms with Gasteiger partial charge in [-0.25, -0.2) is 9.97 Å². The Labute approximate surface area is 192 Å². The van der Waals surface area contributed by atoms with Gasteiger partial charge in [0.2, 0.25) is 5.95 Å². The Bertz CT molecular complexity index is 1260. The van der Waals surface area contributed by atoms with Crippen molar-refractivity contribution in [2.75, 3.05) is 11.9 Å². The van der Waals surface area contributed by atoms with Crippen LogP contribution in [0.5, 0.6) is 5.75 Å². The van der Waals surface area contributed by atoms with Gasteiger partial charge < -0.3 is 15.2 Å². The number of aliphatic hydroxyl groups excluding tert-OH is 1. The third kappa shape index (κ3) is 4.72. The molecule has 2 aromatic carbocycles. The number of nitrogens with one attached hydrogen (secondary N) is 1. The molecule has 10 heteroatoms. The molecule has 0 spiro atoms. The molecule has 0 saturated carbocycles. The number of anilines is 2. The summed E-state index contributed by atoms with van der Waals surface area (Å²) in [5, 5.41) is 22.5. The van der Waals surface area contributed by atoms with Gasteiger partial charge in [0.15, 0.2) is 5.75 Å². The largest absolute Gasteiger partial charge is 0.573 e. The Morgan fingerprint density at radius 2 is 2.06 bits per heavy atom. The number of halogens is 4. The summed E-state index contributed by atoms with van der Waals surface area (Å²) >= 11 is 5.94. The number of benzene rings is 2. The maximum absolute atomic E-state index is 12.8. The van der Waals surface area contributed by atoms with E-state index in [0.29, 0.717) is 23.2 Å². The minimum Gasteiger partial charge on any atom is -0.404 e. The second kappa shape index (κ2) is 8.54. The van der Waals surface area contributed by atoms with Gasteiger partial charge >= 0.3 is 6.36 Å². The van der Waals surface area contributed by atoms with E-state index in [9.17, 15) is 23.5 Å². The lowest BCUT2D eigenvalue weighted by atomic mass is 9.83. The molecule has 1 aliphatic rings. The fraction of sp³-hybridized carbons (Fsp3) is 0.261. The lowest BCUT2D eigenvalue weighted by Crippen LogP contribution is -2.23. The number of aromatic nitrogens is 2. The normalized spacial score (nSPS) is 17.4. The van der Waals surface area contributed by atoms with Crippen LogP contribution in [0.2, 0.25) is 5.02 Å². The number of nitriles is 1. The van der Waals surface area contributed by atoms with Crippen molar-refractivity contribution in [3.63, 3.8) is 0 Å². The van der Waals surface area contributed by atoms with Crippen LogP contribution in [0, 0.1) is 11.3 Å². The molecule has 0 bridgehead atoms. The van der Waals surface area contributed by atoms with E-state index in [1.807, 2.05) is 13.0 Å². The topological polar surface area (TPSA) is 91.1 Å². The molecule has 6 nitrogen and oxygen atoms in total. The zero-order valence-electron chi connectivity index (χ0n) is 17.4. The number of hydrogen-bond acceptors (Lipinski definition) is 6. The first kappa shape index (κ1) is 22.8. The van der Waals surface area contributed by atoms with E-state index < -0.39 is 17.5 Å². The first-order chi connectivity index (χ1) is 15.6. The van der Waals surface area contributed by atoms with Gasteiger partial charge in [0.25, 0.3) is 0 Å². The third-order valence-electron chi connectivity index (χ3n) is 5.66. The fourth-order valence-corrected chi connectivity index (χ4v) is 4.11. The van der Waals surface area contributed by atoms with E-state index in [1.54, 1.807) is 12.1 Å². The molecule has 0 amide bonds. The molecule has 1 unspecified atom stereocenters. The number of ether oxygens (including phenoxy) is 1. The second-order valence-electron chi connectivity index (χ2n) is 7.96. The standard InChI is InChI=1S/C23H18ClF3N4O2/c1-22(12-32)6-4-16-14(11-28)8-13(9-17(16)22)18-5-7-29-21(30-18)31-19-10-15(24)2-3-20(19)33-23(25,26)27/h2-3,5,7-10,32H,4,6,12H2,1H3,(H,29,30,31). The smallest absolute Gasteiger partial charge is 0.404 e. The zero-order chi connectivity index (χ0) is 23.8. The van der Waals surface area contributed by atoms with Crippen LogP contribution in [0.3, 0.4) is 0 Å². The Morgan fingerprint density at radius 3 is 2.76 bits per heavy atom. The van der Waals surface area contributed by atoms with Gasteiger partial charge in [-0.2, -0.15) is 5.26 Å². The van der Waals surface area contributed by atoms with Crippen molar-refractivity contribution in [2.45, 2.75) is 31.5 Å². The summed E-state index contributed by atoms with van der Waals surface area (Å²) in [6, 6.07) is 11.1. The summed E-state index contributed by atoms with van der Waals surface area (Å²) in [5.41, 5.74) is 2.88. The molecule has 170 valence electrons. The van der Waals surface area contributed by atoms with Crippen LogP contribution >= 0.6 is 11.6 Å². The van der Waals surface area contributed by atoms with Gasteiger partial charge in [-0.05, 0) is 60.4 Å². The van der Waals surface area contributed by atoms with Crippen molar-refractivity contribution in [3.05, 3.63) is 64.3 Å². The van der Waals surface area contributed by atoms with Gasteiger partial charge in [-0.15, -0.1) is 13.2 Å². The molecule has 3 aromatic rings. The fourth-order valence-electron chi connectivity index (χ4n) is 3.94. The lowest BCUT2D eigenvalue weighted by molar-refractivity contribution is -0.274. The van der Waals surface area contributed by atoms with E-state index in [1.165, 1.54) is 18.3 Å². The maximum atomic E-state index is 12.8. The summed E-state index contributed by atoms with van der Waals surface area (Å²) in [7, 11) is 0. The van der Waals surface area contributed by atoms with Gasteiger partial charge in [0, 0.05) is 22.2 Å². The number of alkyl halides is 3. The quantitative estimate of drug-likeness (QED) is 0.507. The Balaban J connectivity index is 1.72. The summed E-state index contributed by atoms with van der Waals surface area (Å²) < 4.78 is 42.3. The van der Waals surface area contributed by atoms with Gasteiger partial charge in [-0.3, -0.25) is 0 Å². The highest BCUT2D eigenvalue weighted by atomic mass is 35.5. The minimum atomic E-state index is -4.88.